The Morgan fingerprint density at radius 1 is 1.15 bits per heavy atom. The lowest BCUT2D eigenvalue weighted by molar-refractivity contribution is -0.384. The average molecular weight is 601 g/mol. The number of ether oxygens (including phenoxy) is 3. The third-order valence-corrected chi connectivity index (χ3v) is 9.12. The van der Waals surface area contributed by atoms with Crippen molar-refractivity contribution in [3.05, 3.63) is 52.6 Å². The zero-order valence-corrected chi connectivity index (χ0v) is 23.9. The molecule has 220 valence electrons. The van der Waals surface area contributed by atoms with Gasteiger partial charge in [-0.2, -0.15) is 4.31 Å². The molecule has 1 saturated heterocycles. The van der Waals surface area contributed by atoms with Gasteiger partial charge >= 0.3 is 0 Å². The molecule has 3 rings (SSSR count). The zero-order valence-electron chi connectivity index (χ0n) is 22.3. The standard InChI is InChI=1S/C24H32N4O10S2/c1-4-21(27(39(3,32)33)22-17-18(28(30)31)5-10-23(22)36-2)24(29)25-11-14-38-19-6-8-20(9-7-19)40(34,35)26-12-15-37-16-13-26/h5-10,17,21H,4,11-16H2,1-3H3,(H,25,29)/t21-/m0/s1. The van der Waals surface area contributed by atoms with Gasteiger partial charge in [-0.25, -0.2) is 16.8 Å². The molecule has 1 atom stereocenters. The van der Waals surface area contributed by atoms with Crippen LogP contribution in [0, 0.1) is 10.1 Å². The first-order chi connectivity index (χ1) is 18.9. The van der Waals surface area contributed by atoms with E-state index in [4.69, 9.17) is 14.2 Å². The second kappa shape index (κ2) is 13.3. The van der Waals surface area contributed by atoms with Crippen LogP contribution in [0.25, 0.3) is 0 Å². The minimum Gasteiger partial charge on any atom is -0.495 e. The van der Waals surface area contributed by atoms with E-state index in [1.165, 1.54) is 47.8 Å². The minimum absolute atomic E-state index is 0.00678. The fraction of sp³-hybridized carbons (Fsp3) is 0.458. The summed E-state index contributed by atoms with van der Waals surface area (Å²) in [5.74, 6) is -0.219. The van der Waals surface area contributed by atoms with Crippen LogP contribution in [0.2, 0.25) is 0 Å². The molecule has 1 N–H and O–H groups in total. The van der Waals surface area contributed by atoms with Gasteiger partial charge in [0, 0.05) is 25.2 Å². The van der Waals surface area contributed by atoms with Crippen LogP contribution < -0.4 is 19.1 Å². The Labute approximate surface area is 233 Å². The number of anilines is 1. The molecular formula is C24H32N4O10S2. The second-order valence-corrected chi connectivity index (χ2v) is 12.5. The van der Waals surface area contributed by atoms with Gasteiger partial charge in [0.05, 0.1) is 42.9 Å². The molecule has 0 bridgehead atoms. The molecular weight excluding hydrogens is 568 g/mol. The predicted octanol–water partition coefficient (Wildman–Crippen LogP) is 1.36. The number of carbonyl (C=O) groups excluding carboxylic acids is 1. The predicted molar refractivity (Wildman–Crippen MR) is 146 cm³/mol. The first-order valence-electron chi connectivity index (χ1n) is 12.3. The van der Waals surface area contributed by atoms with Crippen LogP contribution in [-0.2, 0) is 29.6 Å². The summed E-state index contributed by atoms with van der Waals surface area (Å²) in [6.45, 7) is 2.87. The topological polar surface area (TPSA) is 175 Å². The Morgan fingerprint density at radius 2 is 1.80 bits per heavy atom. The largest absolute Gasteiger partial charge is 0.495 e. The van der Waals surface area contributed by atoms with Crippen molar-refractivity contribution in [1.29, 1.82) is 0 Å². The molecule has 1 aliphatic heterocycles. The second-order valence-electron chi connectivity index (χ2n) is 8.72. The van der Waals surface area contributed by atoms with E-state index in [-0.39, 0.29) is 54.7 Å². The van der Waals surface area contributed by atoms with Gasteiger partial charge in [-0.15, -0.1) is 0 Å². The molecule has 1 fully saturated rings. The highest BCUT2D eigenvalue weighted by molar-refractivity contribution is 7.92. The molecule has 0 spiro atoms. The number of sulfonamides is 2. The smallest absolute Gasteiger partial charge is 0.271 e. The molecule has 0 aliphatic carbocycles. The lowest BCUT2D eigenvalue weighted by Crippen LogP contribution is -2.50. The van der Waals surface area contributed by atoms with E-state index < -0.39 is 36.9 Å². The van der Waals surface area contributed by atoms with E-state index in [1.54, 1.807) is 6.92 Å². The first-order valence-corrected chi connectivity index (χ1v) is 15.6. The van der Waals surface area contributed by atoms with E-state index in [9.17, 15) is 31.7 Å². The molecule has 2 aromatic rings. The Morgan fingerprint density at radius 3 is 2.35 bits per heavy atom. The number of methoxy groups -OCH3 is 1. The van der Waals surface area contributed by atoms with Gasteiger partial charge in [0.25, 0.3) is 5.69 Å². The van der Waals surface area contributed by atoms with Gasteiger partial charge in [0.1, 0.15) is 29.8 Å². The molecule has 16 heteroatoms. The summed E-state index contributed by atoms with van der Waals surface area (Å²) in [6.07, 6.45) is 0.956. The Kier molecular flexibility index (Phi) is 10.3. The number of nitrogens with zero attached hydrogens (tertiary/aromatic N) is 3. The summed E-state index contributed by atoms with van der Waals surface area (Å²) >= 11 is 0. The van der Waals surface area contributed by atoms with Gasteiger partial charge in [0.15, 0.2) is 0 Å². The molecule has 2 aromatic carbocycles. The number of benzene rings is 2. The number of amides is 1. The molecule has 40 heavy (non-hydrogen) atoms. The van der Waals surface area contributed by atoms with Gasteiger partial charge in [-0.3, -0.25) is 19.2 Å². The number of morpholine rings is 1. The first kappa shape index (κ1) is 31.1. The molecule has 0 saturated carbocycles. The van der Waals surface area contributed by atoms with Crippen molar-refractivity contribution in [3.63, 3.8) is 0 Å². The third-order valence-electron chi connectivity index (χ3n) is 6.04. The number of nitrogens with one attached hydrogen (secondary N) is 1. The van der Waals surface area contributed by atoms with E-state index in [1.807, 2.05) is 0 Å². The van der Waals surface area contributed by atoms with E-state index >= 15 is 0 Å². The number of carbonyl (C=O) groups is 1. The maximum absolute atomic E-state index is 13.0. The molecule has 0 unspecified atom stereocenters. The van der Waals surface area contributed by atoms with Crippen LogP contribution in [0.15, 0.2) is 47.4 Å². The summed E-state index contributed by atoms with van der Waals surface area (Å²) in [6, 6.07) is 8.13. The summed E-state index contributed by atoms with van der Waals surface area (Å²) in [5, 5.41) is 13.9. The highest BCUT2D eigenvalue weighted by Gasteiger charge is 2.34. The van der Waals surface area contributed by atoms with Gasteiger partial charge in [-0.1, -0.05) is 6.92 Å². The molecule has 14 nitrogen and oxygen atoms in total. The maximum Gasteiger partial charge on any atom is 0.271 e. The lowest BCUT2D eigenvalue weighted by atomic mass is 10.1. The fourth-order valence-electron chi connectivity index (χ4n) is 4.10. The number of non-ortho nitro benzene ring substituents is 1. The molecule has 0 radical (unpaired) electrons. The van der Waals surface area contributed by atoms with Gasteiger partial charge in [-0.05, 0) is 36.8 Å². The van der Waals surface area contributed by atoms with Crippen molar-refractivity contribution < 1.29 is 40.8 Å². The Bertz CT molecular complexity index is 1410. The van der Waals surface area contributed by atoms with Crippen LogP contribution in [0.5, 0.6) is 11.5 Å². The minimum atomic E-state index is -4.07. The van der Waals surface area contributed by atoms with Crippen molar-refractivity contribution in [2.24, 2.45) is 0 Å². The van der Waals surface area contributed by atoms with Crippen molar-refractivity contribution in [3.8, 4) is 11.5 Å². The van der Waals surface area contributed by atoms with Gasteiger partial charge in [0.2, 0.25) is 26.0 Å². The number of hydrogen-bond acceptors (Lipinski definition) is 10. The van der Waals surface area contributed by atoms with Crippen LogP contribution in [0.1, 0.15) is 13.3 Å². The quantitative estimate of drug-likeness (QED) is 0.201. The van der Waals surface area contributed by atoms with Crippen molar-refractivity contribution >= 4 is 37.3 Å². The SMILES string of the molecule is CC[C@@H](C(=O)NCCOc1ccc(S(=O)(=O)N2CCOCC2)cc1)N(c1cc([N+](=O)[O-])ccc1OC)S(C)(=O)=O. The lowest BCUT2D eigenvalue weighted by Gasteiger charge is -2.30. The number of hydrogen-bond donors (Lipinski definition) is 1. The summed E-state index contributed by atoms with van der Waals surface area (Å²) in [5.41, 5.74) is -0.499. The number of nitro groups is 1. The molecule has 1 amide bonds. The number of rotatable bonds is 13. The molecule has 1 heterocycles. The molecule has 1 aliphatic rings. The van der Waals surface area contributed by atoms with Crippen molar-refractivity contribution in [1.82, 2.24) is 9.62 Å². The summed E-state index contributed by atoms with van der Waals surface area (Å²) in [4.78, 5) is 23.8. The van der Waals surface area contributed by atoms with Crippen molar-refractivity contribution in [2.75, 3.05) is 57.1 Å². The Hall–Kier alpha value is -3.47. The maximum atomic E-state index is 13.0. The molecule has 0 aromatic heterocycles. The van der Waals surface area contributed by atoms with Crippen LogP contribution >= 0.6 is 0 Å². The highest BCUT2D eigenvalue weighted by atomic mass is 32.2. The third kappa shape index (κ3) is 7.38. The van der Waals surface area contributed by atoms with E-state index in [0.717, 1.165) is 16.6 Å². The van der Waals surface area contributed by atoms with E-state index in [0.29, 0.717) is 19.0 Å². The Balaban J connectivity index is 1.66. The van der Waals surface area contributed by atoms with E-state index in [2.05, 4.69) is 5.32 Å². The normalized spacial score (nSPS) is 15.2. The fourth-order valence-corrected chi connectivity index (χ4v) is 6.72. The van der Waals surface area contributed by atoms with Crippen LogP contribution in [0.3, 0.4) is 0 Å². The highest BCUT2D eigenvalue weighted by Crippen LogP contribution is 2.35. The zero-order chi connectivity index (χ0) is 29.5. The average Bonchev–Trinajstić information content (AvgIpc) is 2.93. The van der Waals surface area contributed by atoms with Crippen molar-refractivity contribution in [2.45, 2.75) is 24.3 Å². The van der Waals surface area contributed by atoms with Crippen LogP contribution in [0.4, 0.5) is 11.4 Å². The number of nitro benzene ring substituents is 1. The summed E-state index contributed by atoms with van der Waals surface area (Å²) < 4.78 is 69.2. The van der Waals surface area contributed by atoms with Gasteiger partial charge < -0.3 is 19.5 Å². The monoisotopic (exact) mass is 600 g/mol. The summed E-state index contributed by atoms with van der Waals surface area (Å²) in [7, 11) is -6.43. The van der Waals surface area contributed by atoms with Crippen LogP contribution in [-0.4, -0.2) is 90.8 Å².